The van der Waals surface area contributed by atoms with Gasteiger partial charge in [-0.3, -0.25) is 9.69 Å². The Kier molecular flexibility index (Phi) is 6.21. The van der Waals surface area contributed by atoms with Gasteiger partial charge in [0.15, 0.2) is 0 Å². The lowest BCUT2D eigenvalue weighted by Crippen LogP contribution is -2.50. The molecule has 1 aromatic rings. The lowest BCUT2D eigenvalue weighted by atomic mass is 9.96. The van der Waals surface area contributed by atoms with E-state index in [1.807, 2.05) is 18.2 Å². The summed E-state index contributed by atoms with van der Waals surface area (Å²) in [5.74, 6) is 0.378. The molecule has 1 aromatic carbocycles. The predicted molar refractivity (Wildman–Crippen MR) is 84.3 cm³/mol. The molecule has 1 saturated heterocycles. The van der Waals surface area contributed by atoms with Gasteiger partial charge in [-0.05, 0) is 18.5 Å². The van der Waals surface area contributed by atoms with Crippen molar-refractivity contribution in [3.63, 3.8) is 0 Å². The number of benzene rings is 1. The highest BCUT2D eigenvalue weighted by Crippen LogP contribution is 2.18. The van der Waals surface area contributed by atoms with Gasteiger partial charge in [0.25, 0.3) is 0 Å². The molecule has 1 aliphatic rings. The minimum Gasteiger partial charge on any atom is -0.366 e. The summed E-state index contributed by atoms with van der Waals surface area (Å²) in [6, 6.07) is 10.4. The minimum atomic E-state index is -0.327. The van der Waals surface area contributed by atoms with Gasteiger partial charge in [0.05, 0.1) is 6.61 Å². The van der Waals surface area contributed by atoms with E-state index in [0.29, 0.717) is 25.6 Å². The van der Waals surface area contributed by atoms with Crippen molar-refractivity contribution in [1.82, 2.24) is 10.2 Å². The number of nitrogens with zero attached hydrogens (tertiary/aromatic N) is 1. The number of carbonyl (C=O) groups excluding carboxylic acids is 1. The molecule has 1 aliphatic heterocycles. The topological polar surface area (TPSA) is 41.6 Å². The number of carbonyl (C=O) groups is 1. The van der Waals surface area contributed by atoms with Crippen LogP contribution in [0.1, 0.15) is 31.7 Å². The van der Waals surface area contributed by atoms with Crippen LogP contribution in [0.2, 0.25) is 0 Å². The van der Waals surface area contributed by atoms with Crippen molar-refractivity contribution in [2.24, 2.45) is 0 Å². The molecule has 1 heterocycles. The fourth-order valence-corrected chi connectivity index (χ4v) is 2.71. The predicted octanol–water partition coefficient (Wildman–Crippen LogP) is 2.02. The molecule has 21 heavy (non-hydrogen) atoms. The first kappa shape index (κ1) is 16.0. The van der Waals surface area contributed by atoms with Crippen LogP contribution in [0.5, 0.6) is 0 Å². The van der Waals surface area contributed by atoms with Gasteiger partial charge in [-0.2, -0.15) is 0 Å². The number of hydrogen-bond acceptors (Lipinski definition) is 3. The van der Waals surface area contributed by atoms with E-state index in [2.05, 4.69) is 36.2 Å². The molecule has 0 spiro atoms. The third-order valence-corrected chi connectivity index (χ3v) is 4.18. The van der Waals surface area contributed by atoms with Gasteiger partial charge < -0.3 is 10.1 Å². The summed E-state index contributed by atoms with van der Waals surface area (Å²) in [4.78, 5) is 14.5. The molecule has 0 bridgehead atoms. The molecule has 0 aliphatic carbocycles. The Hall–Kier alpha value is -1.39. The number of hydrogen-bond donors (Lipinski definition) is 1. The second-order valence-electron chi connectivity index (χ2n) is 5.51. The van der Waals surface area contributed by atoms with Gasteiger partial charge in [-0.15, -0.1) is 0 Å². The van der Waals surface area contributed by atoms with Crippen molar-refractivity contribution < 1.29 is 9.53 Å². The van der Waals surface area contributed by atoms with Crippen LogP contribution in [0.3, 0.4) is 0 Å². The molecule has 0 unspecified atom stereocenters. The van der Waals surface area contributed by atoms with Crippen molar-refractivity contribution in [2.75, 3.05) is 32.8 Å². The second-order valence-corrected chi connectivity index (χ2v) is 5.51. The largest absolute Gasteiger partial charge is 0.366 e. The highest BCUT2D eigenvalue weighted by atomic mass is 16.5. The van der Waals surface area contributed by atoms with Crippen LogP contribution in [0.15, 0.2) is 30.3 Å². The molecule has 0 saturated carbocycles. The summed E-state index contributed by atoms with van der Waals surface area (Å²) in [6.45, 7) is 8.16. The maximum absolute atomic E-state index is 12.2. The van der Waals surface area contributed by atoms with E-state index < -0.39 is 0 Å². The number of amides is 1. The van der Waals surface area contributed by atoms with Crippen molar-refractivity contribution >= 4 is 5.91 Å². The number of morpholine rings is 1. The SMILES string of the molecule is CC[C@@H](CNC(=O)[C@H]1CN(CC)CCO1)c1ccccc1. The third kappa shape index (κ3) is 4.55. The number of rotatable bonds is 6. The summed E-state index contributed by atoms with van der Waals surface area (Å²) >= 11 is 0. The van der Waals surface area contributed by atoms with Crippen LogP contribution >= 0.6 is 0 Å². The minimum absolute atomic E-state index is 0.0162. The molecule has 1 amide bonds. The summed E-state index contributed by atoms with van der Waals surface area (Å²) in [7, 11) is 0. The molecular formula is C17H26N2O2. The smallest absolute Gasteiger partial charge is 0.250 e. The average molecular weight is 290 g/mol. The maximum Gasteiger partial charge on any atom is 0.250 e. The number of likely N-dealkylation sites (N-methyl/N-ethyl adjacent to an activating group) is 1. The van der Waals surface area contributed by atoms with E-state index in [9.17, 15) is 4.79 Å². The summed E-state index contributed by atoms with van der Waals surface area (Å²) in [5.41, 5.74) is 1.28. The fraction of sp³-hybridized carbons (Fsp3) is 0.588. The first-order chi connectivity index (χ1) is 10.2. The molecule has 4 nitrogen and oxygen atoms in total. The highest BCUT2D eigenvalue weighted by Gasteiger charge is 2.26. The van der Waals surface area contributed by atoms with Crippen LogP contribution in [0, 0.1) is 0 Å². The molecule has 2 rings (SSSR count). The molecule has 1 fully saturated rings. The van der Waals surface area contributed by atoms with E-state index in [4.69, 9.17) is 4.74 Å². The molecule has 0 radical (unpaired) electrons. The van der Waals surface area contributed by atoms with E-state index in [0.717, 1.165) is 19.5 Å². The Bertz CT molecular complexity index is 436. The van der Waals surface area contributed by atoms with Gasteiger partial charge in [-0.25, -0.2) is 0 Å². The molecular weight excluding hydrogens is 264 g/mol. The van der Waals surface area contributed by atoms with Crippen molar-refractivity contribution in [1.29, 1.82) is 0 Å². The van der Waals surface area contributed by atoms with Crippen molar-refractivity contribution in [3.05, 3.63) is 35.9 Å². The quantitative estimate of drug-likeness (QED) is 0.871. The Morgan fingerprint density at radius 1 is 1.38 bits per heavy atom. The van der Waals surface area contributed by atoms with Gasteiger partial charge in [0, 0.05) is 25.6 Å². The van der Waals surface area contributed by atoms with Crippen LogP contribution in [-0.2, 0) is 9.53 Å². The highest BCUT2D eigenvalue weighted by molar-refractivity contribution is 5.81. The first-order valence-corrected chi connectivity index (χ1v) is 7.91. The van der Waals surface area contributed by atoms with Gasteiger partial charge in [0.2, 0.25) is 5.91 Å². The monoisotopic (exact) mass is 290 g/mol. The molecule has 2 atom stereocenters. The van der Waals surface area contributed by atoms with Crippen LogP contribution in [-0.4, -0.2) is 49.7 Å². The zero-order chi connectivity index (χ0) is 15.1. The van der Waals surface area contributed by atoms with E-state index in [1.54, 1.807) is 0 Å². The standard InChI is InChI=1S/C17H26N2O2/c1-3-14(15-8-6-5-7-9-15)12-18-17(20)16-13-19(4-2)10-11-21-16/h5-9,14,16H,3-4,10-13H2,1-2H3,(H,18,20)/t14-,16+/m0/s1. The Labute approximate surface area is 127 Å². The summed E-state index contributed by atoms with van der Waals surface area (Å²) < 4.78 is 5.59. The maximum atomic E-state index is 12.2. The van der Waals surface area contributed by atoms with Crippen molar-refractivity contribution in [3.8, 4) is 0 Å². The Morgan fingerprint density at radius 3 is 2.81 bits per heavy atom. The third-order valence-electron chi connectivity index (χ3n) is 4.18. The van der Waals surface area contributed by atoms with Gasteiger partial charge in [0.1, 0.15) is 6.10 Å². The Morgan fingerprint density at radius 2 is 2.14 bits per heavy atom. The summed E-state index contributed by atoms with van der Waals surface area (Å²) in [6.07, 6.45) is 0.684. The lowest BCUT2D eigenvalue weighted by Gasteiger charge is -2.31. The van der Waals surface area contributed by atoms with Crippen LogP contribution < -0.4 is 5.32 Å². The second kappa shape index (κ2) is 8.15. The van der Waals surface area contributed by atoms with Gasteiger partial charge in [-0.1, -0.05) is 44.2 Å². The van der Waals surface area contributed by atoms with E-state index in [-0.39, 0.29) is 12.0 Å². The molecule has 0 aromatic heterocycles. The lowest BCUT2D eigenvalue weighted by molar-refractivity contribution is -0.138. The first-order valence-electron chi connectivity index (χ1n) is 7.91. The number of nitrogens with one attached hydrogen (secondary N) is 1. The Balaban J connectivity index is 1.85. The van der Waals surface area contributed by atoms with Crippen molar-refractivity contribution in [2.45, 2.75) is 32.3 Å². The van der Waals surface area contributed by atoms with E-state index in [1.165, 1.54) is 5.56 Å². The molecule has 4 heteroatoms. The van der Waals surface area contributed by atoms with Gasteiger partial charge >= 0.3 is 0 Å². The zero-order valence-corrected chi connectivity index (χ0v) is 13.0. The fourth-order valence-electron chi connectivity index (χ4n) is 2.71. The van der Waals surface area contributed by atoms with Crippen LogP contribution in [0.4, 0.5) is 0 Å². The zero-order valence-electron chi connectivity index (χ0n) is 13.0. The molecule has 116 valence electrons. The van der Waals surface area contributed by atoms with Crippen LogP contribution in [0.25, 0.3) is 0 Å². The molecule has 1 N–H and O–H groups in total. The summed E-state index contributed by atoms with van der Waals surface area (Å²) in [5, 5.41) is 3.06. The average Bonchev–Trinajstić information content (AvgIpc) is 2.56. The normalized spacial score (nSPS) is 21.0. The number of ether oxygens (including phenoxy) is 1. The van der Waals surface area contributed by atoms with E-state index >= 15 is 0 Å².